The van der Waals surface area contributed by atoms with Gasteiger partial charge in [-0.2, -0.15) is 0 Å². The standard InChI is InChI=1S/C44H32N2/c1-29-24-35(27-46-26-29)33-8-7-9-34(25-33)37-19-21-43(41-13-6-4-11-39(37)41)42-20-18-36(38-10-3-5-12-40(38)42)31-14-16-32(17-15-31)44-28-45-23-22-30(44)2/h3-28H,1-2H3. The minimum atomic E-state index is 1.14. The zero-order valence-corrected chi connectivity index (χ0v) is 25.9. The van der Waals surface area contributed by atoms with E-state index in [0.717, 1.165) is 11.1 Å². The second-order valence-electron chi connectivity index (χ2n) is 12.0. The van der Waals surface area contributed by atoms with Gasteiger partial charge in [0.1, 0.15) is 0 Å². The van der Waals surface area contributed by atoms with Crippen molar-refractivity contribution in [3.63, 3.8) is 0 Å². The van der Waals surface area contributed by atoms with Crippen molar-refractivity contribution in [1.29, 1.82) is 0 Å². The molecule has 0 spiro atoms. The summed E-state index contributed by atoms with van der Waals surface area (Å²) in [5.41, 5.74) is 14.4. The first-order chi connectivity index (χ1) is 22.6. The average Bonchev–Trinajstić information content (AvgIpc) is 3.11. The molecule has 6 aromatic carbocycles. The molecule has 46 heavy (non-hydrogen) atoms. The van der Waals surface area contributed by atoms with Gasteiger partial charge in [0.25, 0.3) is 0 Å². The summed E-state index contributed by atoms with van der Waals surface area (Å²) in [5.74, 6) is 0. The summed E-state index contributed by atoms with van der Waals surface area (Å²) < 4.78 is 0. The molecule has 0 unspecified atom stereocenters. The van der Waals surface area contributed by atoms with E-state index in [9.17, 15) is 0 Å². The van der Waals surface area contributed by atoms with Gasteiger partial charge in [0.2, 0.25) is 0 Å². The molecule has 218 valence electrons. The molecule has 2 nitrogen and oxygen atoms in total. The summed E-state index contributed by atoms with van der Waals surface area (Å²) in [4.78, 5) is 8.77. The number of aromatic nitrogens is 2. The summed E-state index contributed by atoms with van der Waals surface area (Å²) in [6.07, 6.45) is 7.64. The van der Waals surface area contributed by atoms with Crippen LogP contribution < -0.4 is 0 Å². The van der Waals surface area contributed by atoms with Crippen molar-refractivity contribution in [2.24, 2.45) is 0 Å². The Balaban J connectivity index is 1.23. The van der Waals surface area contributed by atoms with Gasteiger partial charge in [-0.3, -0.25) is 9.97 Å². The number of nitrogens with zero attached hydrogens (tertiary/aromatic N) is 2. The fraction of sp³-hybridized carbons (Fsp3) is 0.0455. The number of hydrogen-bond acceptors (Lipinski definition) is 2. The van der Waals surface area contributed by atoms with Gasteiger partial charge in [0.15, 0.2) is 0 Å². The number of rotatable bonds is 5. The first kappa shape index (κ1) is 27.7. The summed E-state index contributed by atoms with van der Waals surface area (Å²) in [6, 6.07) is 48.7. The Morgan fingerprint density at radius 3 is 1.50 bits per heavy atom. The van der Waals surface area contributed by atoms with Crippen molar-refractivity contribution in [1.82, 2.24) is 9.97 Å². The van der Waals surface area contributed by atoms with Gasteiger partial charge in [-0.25, -0.2) is 0 Å². The Labute approximate surface area is 269 Å². The summed E-state index contributed by atoms with van der Waals surface area (Å²) in [7, 11) is 0. The van der Waals surface area contributed by atoms with E-state index in [4.69, 9.17) is 0 Å². The quantitative estimate of drug-likeness (QED) is 0.200. The lowest BCUT2D eigenvalue weighted by Crippen LogP contribution is -1.90. The molecule has 2 heteroatoms. The molecular formula is C44H32N2. The minimum Gasteiger partial charge on any atom is -0.264 e. The molecule has 0 aliphatic carbocycles. The van der Waals surface area contributed by atoms with Crippen LogP contribution in [0.3, 0.4) is 0 Å². The molecule has 0 saturated carbocycles. The molecule has 8 rings (SSSR count). The molecule has 0 aliphatic rings. The maximum Gasteiger partial charge on any atom is 0.0349 e. The highest BCUT2D eigenvalue weighted by molar-refractivity contribution is 6.12. The molecule has 0 bridgehead atoms. The highest BCUT2D eigenvalue weighted by atomic mass is 14.6. The molecule has 0 saturated heterocycles. The Kier molecular flexibility index (Phi) is 6.96. The smallest absolute Gasteiger partial charge is 0.0349 e. The summed E-state index contributed by atoms with van der Waals surface area (Å²) >= 11 is 0. The predicted molar refractivity (Wildman–Crippen MR) is 194 cm³/mol. The van der Waals surface area contributed by atoms with Crippen LogP contribution in [0.5, 0.6) is 0 Å². The third-order valence-corrected chi connectivity index (χ3v) is 9.07. The first-order valence-corrected chi connectivity index (χ1v) is 15.7. The van der Waals surface area contributed by atoms with Crippen LogP contribution in [0.2, 0.25) is 0 Å². The zero-order chi connectivity index (χ0) is 31.0. The van der Waals surface area contributed by atoms with E-state index in [1.807, 2.05) is 24.8 Å². The van der Waals surface area contributed by atoms with Gasteiger partial charge in [-0.1, -0.05) is 115 Å². The molecule has 2 aromatic heterocycles. The first-order valence-electron chi connectivity index (χ1n) is 15.7. The van der Waals surface area contributed by atoms with Crippen LogP contribution in [0.25, 0.3) is 77.2 Å². The van der Waals surface area contributed by atoms with Gasteiger partial charge >= 0.3 is 0 Å². The lowest BCUT2D eigenvalue weighted by atomic mass is 9.87. The fourth-order valence-corrected chi connectivity index (χ4v) is 6.75. The van der Waals surface area contributed by atoms with Crippen molar-refractivity contribution in [3.05, 3.63) is 169 Å². The van der Waals surface area contributed by atoms with E-state index in [1.165, 1.54) is 77.2 Å². The van der Waals surface area contributed by atoms with E-state index in [1.54, 1.807) is 0 Å². The van der Waals surface area contributed by atoms with E-state index in [0.29, 0.717) is 0 Å². The van der Waals surface area contributed by atoms with Crippen LogP contribution in [-0.2, 0) is 0 Å². The molecule has 0 N–H and O–H groups in total. The molecule has 8 aromatic rings. The van der Waals surface area contributed by atoms with E-state index in [-0.39, 0.29) is 0 Å². The average molecular weight is 589 g/mol. The molecule has 2 heterocycles. The molecule has 0 radical (unpaired) electrons. The Hall–Kier alpha value is -5.86. The lowest BCUT2D eigenvalue weighted by Gasteiger charge is -2.16. The van der Waals surface area contributed by atoms with E-state index in [2.05, 4.69) is 157 Å². The van der Waals surface area contributed by atoms with Crippen LogP contribution in [0, 0.1) is 13.8 Å². The second-order valence-corrected chi connectivity index (χ2v) is 12.0. The third kappa shape index (κ3) is 4.95. The van der Waals surface area contributed by atoms with Gasteiger partial charge in [-0.15, -0.1) is 0 Å². The monoisotopic (exact) mass is 588 g/mol. The molecule has 0 atom stereocenters. The zero-order valence-electron chi connectivity index (χ0n) is 25.9. The molecular weight excluding hydrogens is 556 g/mol. The van der Waals surface area contributed by atoms with Crippen molar-refractivity contribution in [2.75, 3.05) is 0 Å². The largest absolute Gasteiger partial charge is 0.264 e. The minimum absolute atomic E-state index is 1.14. The van der Waals surface area contributed by atoms with Crippen LogP contribution in [-0.4, -0.2) is 9.97 Å². The fourth-order valence-electron chi connectivity index (χ4n) is 6.75. The predicted octanol–water partition coefficient (Wildman–Crippen LogP) is 11.7. The van der Waals surface area contributed by atoms with Crippen LogP contribution in [0.1, 0.15) is 11.1 Å². The van der Waals surface area contributed by atoms with Crippen LogP contribution in [0.4, 0.5) is 0 Å². The molecule has 0 fully saturated rings. The molecule has 0 amide bonds. The topological polar surface area (TPSA) is 25.8 Å². The summed E-state index contributed by atoms with van der Waals surface area (Å²) in [5, 5.41) is 4.99. The SMILES string of the molecule is Cc1cncc(-c2cccc(-c3ccc(-c4ccc(-c5ccc(-c6cnccc6C)cc5)c5ccccc45)c4ccccc34)c2)c1. The number of fused-ring (bicyclic) bond motifs is 2. The Bertz CT molecular complexity index is 2380. The molecule has 0 aliphatic heterocycles. The number of aryl methyl sites for hydroxylation is 2. The van der Waals surface area contributed by atoms with Crippen molar-refractivity contribution in [2.45, 2.75) is 13.8 Å². The van der Waals surface area contributed by atoms with E-state index < -0.39 is 0 Å². The van der Waals surface area contributed by atoms with Gasteiger partial charge < -0.3 is 0 Å². The van der Waals surface area contributed by atoms with Crippen LogP contribution >= 0.6 is 0 Å². The Morgan fingerprint density at radius 1 is 0.348 bits per heavy atom. The highest BCUT2D eigenvalue weighted by Crippen LogP contribution is 2.41. The Morgan fingerprint density at radius 2 is 0.891 bits per heavy atom. The van der Waals surface area contributed by atoms with Crippen molar-refractivity contribution < 1.29 is 0 Å². The van der Waals surface area contributed by atoms with E-state index >= 15 is 0 Å². The maximum absolute atomic E-state index is 4.43. The van der Waals surface area contributed by atoms with Crippen molar-refractivity contribution in [3.8, 4) is 55.6 Å². The van der Waals surface area contributed by atoms with Gasteiger partial charge in [0, 0.05) is 35.9 Å². The summed E-state index contributed by atoms with van der Waals surface area (Å²) in [6.45, 7) is 4.22. The van der Waals surface area contributed by atoms with Crippen molar-refractivity contribution >= 4 is 21.5 Å². The second kappa shape index (κ2) is 11.6. The normalized spacial score (nSPS) is 11.3. The number of pyridine rings is 2. The number of hydrogen-bond donors (Lipinski definition) is 0. The van der Waals surface area contributed by atoms with Gasteiger partial charge in [-0.05, 0) is 109 Å². The number of benzene rings is 6. The maximum atomic E-state index is 4.43. The lowest BCUT2D eigenvalue weighted by molar-refractivity contribution is 1.27. The third-order valence-electron chi connectivity index (χ3n) is 9.07. The highest BCUT2D eigenvalue weighted by Gasteiger charge is 2.15. The van der Waals surface area contributed by atoms with Gasteiger partial charge in [0.05, 0.1) is 0 Å². The van der Waals surface area contributed by atoms with Crippen LogP contribution in [0.15, 0.2) is 158 Å².